The van der Waals surface area contributed by atoms with Crippen molar-refractivity contribution in [2.75, 3.05) is 6.61 Å². The topological polar surface area (TPSA) is 107 Å². The number of aliphatic hydroxyl groups is 1. The molecule has 1 aromatic carbocycles. The molecule has 8 heteroatoms. The number of aryl methyl sites for hydroxylation is 1. The van der Waals surface area contributed by atoms with Crippen LogP contribution in [0.1, 0.15) is 78.7 Å². The zero-order valence-corrected chi connectivity index (χ0v) is 24.5. The molecule has 7 atom stereocenters. The number of ether oxygens (including phenoxy) is 1. The molecule has 7 nitrogen and oxygen atoms in total. The van der Waals surface area contributed by atoms with E-state index in [1.54, 1.807) is 18.2 Å². The highest BCUT2D eigenvalue weighted by Crippen LogP contribution is 2.62. The zero-order valence-electron chi connectivity index (χ0n) is 23.7. The minimum Gasteiger partial charge on any atom is -0.460 e. The van der Waals surface area contributed by atoms with Crippen molar-refractivity contribution < 1.29 is 32.0 Å². The molecule has 3 rings (SSSR count). The molecule has 1 aromatic rings. The highest BCUT2D eigenvalue weighted by Gasteiger charge is 2.62. The molecule has 0 heterocycles. The molecule has 212 valence electrons. The number of benzene rings is 1. The first kappa shape index (κ1) is 30.5. The summed E-state index contributed by atoms with van der Waals surface area (Å²) in [5.74, 6) is -0.890. The van der Waals surface area contributed by atoms with Gasteiger partial charge in [0.05, 0.1) is 11.0 Å². The average molecular weight is 549 g/mol. The normalized spacial score (nSPS) is 30.7. The Kier molecular flexibility index (Phi) is 9.01. The molecule has 2 aliphatic rings. The first-order chi connectivity index (χ1) is 17.6. The number of carbonyl (C=O) groups excluding carboxylic acids is 2. The molecule has 0 aromatic heterocycles. The average Bonchev–Trinajstić information content (AvgIpc) is 3.19. The third-order valence-electron chi connectivity index (χ3n) is 9.64. The maximum Gasteiger partial charge on any atom is 0.333 e. The van der Waals surface area contributed by atoms with Crippen LogP contribution in [0.2, 0.25) is 0 Å². The van der Waals surface area contributed by atoms with E-state index in [0.717, 1.165) is 24.8 Å². The summed E-state index contributed by atoms with van der Waals surface area (Å²) in [4.78, 5) is 26.4. The van der Waals surface area contributed by atoms with E-state index in [4.69, 9.17) is 8.92 Å². The van der Waals surface area contributed by atoms with Gasteiger partial charge in [-0.1, -0.05) is 58.4 Å². The van der Waals surface area contributed by atoms with Crippen molar-refractivity contribution in [2.24, 2.45) is 28.1 Å². The third-order valence-corrected chi connectivity index (χ3v) is 10.9. The number of aliphatic hydroxyl groups excluding tert-OH is 1. The van der Waals surface area contributed by atoms with E-state index in [0.29, 0.717) is 12.8 Å². The SMILES string of the molecule is C=CC(C)(C[C@@H](OC(=O)COS(=O)(=O)c1ccc(C)cc1)[C@]1(C)[C@H](C)CC[C@@]2(C)CCC(=O)[C@H]21)[C@@H](O)CC. The Balaban J connectivity index is 1.92. The second-order valence-corrected chi connectivity index (χ2v) is 13.8. The second-order valence-electron chi connectivity index (χ2n) is 12.2. The number of ketones is 1. The van der Waals surface area contributed by atoms with Gasteiger partial charge in [0.25, 0.3) is 10.1 Å². The maximum atomic E-state index is 13.3. The van der Waals surface area contributed by atoms with Gasteiger partial charge in [-0.2, -0.15) is 8.42 Å². The second kappa shape index (κ2) is 11.2. The Bertz CT molecular complexity index is 1140. The number of rotatable bonds is 11. The lowest BCUT2D eigenvalue weighted by atomic mass is 9.50. The molecule has 0 amide bonds. The van der Waals surface area contributed by atoms with Gasteiger partial charge >= 0.3 is 5.97 Å². The quantitative estimate of drug-likeness (QED) is 0.225. The van der Waals surface area contributed by atoms with Gasteiger partial charge < -0.3 is 9.84 Å². The third kappa shape index (κ3) is 5.77. The van der Waals surface area contributed by atoms with Crippen LogP contribution in [0.5, 0.6) is 0 Å². The molecular weight excluding hydrogens is 504 g/mol. The van der Waals surface area contributed by atoms with Gasteiger partial charge in [0.1, 0.15) is 11.9 Å². The summed E-state index contributed by atoms with van der Waals surface area (Å²) in [6, 6.07) is 6.16. The van der Waals surface area contributed by atoms with Crippen LogP contribution in [0.25, 0.3) is 0 Å². The largest absolute Gasteiger partial charge is 0.460 e. The predicted molar refractivity (Wildman–Crippen MR) is 146 cm³/mol. The molecule has 2 fully saturated rings. The molecule has 1 N–H and O–H groups in total. The lowest BCUT2D eigenvalue weighted by Gasteiger charge is -2.55. The number of carbonyl (C=O) groups is 2. The van der Waals surface area contributed by atoms with Crippen molar-refractivity contribution in [1.82, 2.24) is 0 Å². The number of esters is 1. The fourth-order valence-electron chi connectivity index (χ4n) is 6.80. The van der Waals surface area contributed by atoms with Crippen molar-refractivity contribution in [3.8, 4) is 0 Å². The minimum absolute atomic E-state index is 0.0436. The van der Waals surface area contributed by atoms with Crippen LogP contribution in [0, 0.1) is 35.0 Å². The van der Waals surface area contributed by atoms with Crippen LogP contribution < -0.4 is 0 Å². The van der Waals surface area contributed by atoms with Crippen LogP contribution >= 0.6 is 0 Å². The van der Waals surface area contributed by atoms with Crippen LogP contribution in [0.3, 0.4) is 0 Å². The molecular formula is C30H44O7S. The predicted octanol–water partition coefficient (Wildman–Crippen LogP) is 5.39. The van der Waals surface area contributed by atoms with Crippen LogP contribution in [0.15, 0.2) is 41.8 Å². The Labute approximate surface area is 228 Å². The number of hydrogen-bond acceptors (Lipinski definition) is 7. The number of Topliss-reactive ketones (excluding diaryl/α,β-unsaturated/α-hetero) is 1. The molecule has 2 aliphatic carbocycles. The van der Waals surface area contributed by atoms with E-state index in [1.807, 2.05) is 27.7 Å². The van der Waals surface area contributed by atoms with Gasteiger partial charge in [-0.3, -0.25) is 8.98 Å². The lowest BCUT2D eigenvalue weighted by Crippen LogP contribution is -2.56. The summed E-state index contributed by atoms with van der Waals surface area (Å²) in [5, 5.41) is 10.9. The molecule has 38 heavy (non-hydrogen) atoms. The van der Waals surface area contributed by atoms with E-state index < -0.39 is 45.7 Å². The Morgan fingerprint density at radius 2 is 1.89 bits per heavy atom. The van der Waals surface area contributed by atoms with Gasteiger partial charge in [0.2, 0.25) is 0 Å². The Morgan fingerprint density at radius 1 is 1.26 bits per heavy atom. The van der Waals surface area contributed by atoms with Crippen molar-refractivity contribution in [1.29, 1.82) is 0 Å². The van der Waals surface area contributed by atoms with Crippen molar-refractivity contribution in [3.05, 3.63) is 42.5 Å². The van der Waals surface area contributed by atoms with E-state index in [-0.39, 0.29) is 34.4 Å². The van der Waals surface area contributed by atoms with Crippen LogP contribution in [-0.4, -0.2) is 44.1 Å². The summed E-state index contributed by atoms with van der Waals surface area (Å²) >= 11 is 0. The number of hydrogen-bond donors (Lipinski definition) is 1. The van der Waals surface area contributed by atoms with Gasteiger partial charge in [-0.15, -0.1) is 6.58 Å². The van der Waals surface area contributed by atoms with E-state index in [9.17, 15) is 23.1 Å². The van der Waals surface area contributed by atoms with E-state index in [2.05, 4.69) is 20.4 Å². The van der Waals surface area contributed by atoms with E-state index in [1.165, 1.54) is 12.1 Å². The zero-order chi connectivity index (χ0) is 28.5. The molecule has 0 spiro atoms. The minimum atomic E-state index is -4.16. The van der Waals surface area contributed by atoms with E-state index >= 15 is 0 Å². The highest BCUT2D eigenvalue weighted by molar-refractivity contribution is 7.86. The first-order valence-electron chi connectivity index (χ1n) is 13.6. The van der Waals surface area contributed by atoms with Crippen molar-refractivity contribution in [3.63, 3.8) is 0 Å². The molecule has 2 saturated carbocycles. The fraction of sp³-hybridized carbons (Fsp3) is 0.667. The molecule has 0 aliphatic heterocycles. The Morgan fingerprint density at radius 3 is 2.47 bits per heavy atom. The monoisotopic (exact) mass is 548 g/mol. The molecule has 0 radical (unpaired) electrons. The fourth-order valence-corrected chi connectivity index (χ4v) is 7.66. The summed E-state index contributed by atoms with van der Waals surface area (Å²) in [7, 11) is -4.16. The first-order valence-corrected chi connectivity index (χ1v) is 15.0. The highest BCUT2D eigenvalue weighted by atomic mass is 32.2. The summed E-state index contributed by atoms with van der Waals surface area (Å²) in [5.41, 5.74) is -0.784. The van der Waals surface area contributed by atoms with Crippen LogP contribution in [-0.2, 0) is 28.6 Å². The van der Waals surface area contributed by atoms with Gasteiger partial charge in [0.15, 0.2) is 6.61 Å². The van der Waals surface area contributed by atoms with Crippen LogP contribution in [0.4, 0.5) is 0 Å². The lowest BCUT2D eigenvalue weighted by molar-refractivity contribution is -0.182. The maximum absolute atomic E-state index is 13.3. The van der Waals surface area contributed by atoms with Crippen molar-refractivity contribution in [2.45, 2.75) is 97.2 Å². The summed E-state index contributed by atoms with van der Waals surface area (Å²) in [6.45, 7) is 15.0. The number of fused-ring (bicyclic) bond motifs is 1. The molecule has 0 saturated heterocycles. The summed E-state index contributed by atoms with van der Waals surface area (Å²) in [6.07, 6.45) is 4.04. The standard InChI is InChI=1S/C30H44O7S/c1-8-24(32)28(5,9-2)18-25(30(7)21(4)14-16-29(6)17-15-23(31)27(29)30)37-26(33)19-36-38(34,35)22-12-10-20(3)11-13-22/h9-13,21,24-25,27,32H,2,8,14-19H2,1,3-7H3/t21-,24+,25-,27-,28?,29+,30+/m1/s1. The smallest absolute Gasteiger partial charge is 0.333 e. The molecule has 0 bridgehead atoms. The Hall–Kier alpha value is -2.03. The van der Waals surface area contributed by atoms with Crippen molar-refractivity contribution >= 4 is 21.9 Å². The molecule has 1 unspecified atom stereocenters. The van der Waals surface area contributed by atoms with Gasteiger partial charge in [0, 0.05) is 23.2 Å². The van der Waals surface area contributed by atoms with Gasteiger partial charge in [-0.05, 0) is 62.5 Å². The summed E-state index contributed by atoms with van der Waals surface area (Å²) < 4.78 is 36.5. The van der Waals surface area contributed by atoms with Gasteiger partial charge in [-0.25, -0.2) is 4.79 Å².